The van der Waals surface area contributed by atoms with Gasteiger partial charge in [0.1, 0.15) is 18.2 Å². The zero-order chi connectivity index (χ0) is 12.7. The first-order valence-electron chi connectivity index (χ1n) is 5.51. The summed E-state index contributed by atoms with van der Waals surface area (Å²) in [6, 6.07) is 5.10. The molecule has 0 aliphatic carbocycles. The monoisotopic (exact) mass is 245 g/mol. The molecule has 0 unspecified atom stereocenters. The average Bonchev–Trinajstić information content (AvgIpc) is 2.35. The lowest BCUT2D eigenvalue weighted by atomic mass is 10.3. The van der Waals surface area contributed by atoms with Crippen molar-refractivity contribution < 1.29 is 13.9 Å². The lowest BCUT2D eigenvalue weighted by Crippen LogP contribution is -2.31. The van der Waals surface area contributed by atoms with Gasteiger partial charge >= 0.3 is 0 Å². The van der Waals surface area contributed by atoms with Crippen LogP contribution in [0.3, 0.4) is 0 Å². The summed E-state index contributed by atoms with van der Waals surface area (Å²) in [5.74, 6) is -2.13. The second kappa shape index (κ2) is 6.34. The lowest BCUT2D eigenvalue weighted by molar-refractivity contribution is -0.0373. The maximum Gasteiger partial charge on any atom is 0.287 e. The van der Waals surface area contributed by atoms with Crippen LogP contribution in [-0.2, 0) is 0 Å². The van der Waals surface area contributed by atoms with E-state index >= 15 is 0 Å². The molecular formula is C11H17F2N3O. The molecule has 0 aromatic carbocycles. The van der Waals surface area contributed by atoms with Crippen LogP contribution in [0.25, 0.3) is 0 Å². The Balaban J connectivity index is 2.53. The molecular weight excluding hydrogens is 228 g/mol. The number of aliphatic hydroxyl groups is 1. The first-order chi connectivity index (χ1) is 8.07. The molecule has 4 nitrogen and oxygen atoms in total. The number of nitrogens with zero attached hydrogens (tertiary/aromatic N) is 1. The molecule has 1 rings (SSSR count). The first-order valence-corrected chi connectivity index (χ1v) is 5.51. The van der Waals surface area contributed by atoms with Crippen LogP contribution in [0.5, 0.6) is 0 Å². The summed E-state index contributed by atoms with van der Waals surface area (Å²) in [7, 11) is 0. The molecule has 0 bridgehead atoms. The van der Waals surface area contributed by atoms with Crippen molar-refractivity contribution in [2.45, 2.75) is 19.3 Å². The number of aliphatic hydroxyl groups excluding tert-OH is 1. The molecule has 1 aromatic rings. The minimum atomic E-state index is -3.13. The third-order valence-corrected chi connectivity index (χ3v) is 2.06. The average molecular weight is 245 g/mol. The van der Waals surface area contributed by atoms with E-state index in [2.05, 4.69) is 15.6 Å². The Hall–Kier alpha value is -1.43. The first kappa shape index (κ1) is 13.6. The van der Waals surface area contributed by atoms with Crippen molar-refractivity contribution in [1.29, 1.82) is 0 Å². The van der Waals surface area contributed by atoms with Gasteiger partial charge in [0, 0.05) is 6.54 Å². The van der Waals surface area contributed by atoms with E-state index in [4.69, 9.17) is 5.11 Å². The van der Waals surface area contributed by atoms with Crippen LogP contribution in [0.4, 0.5) is 20.4 Å². The number of anilines is 2. The molecule has 0 amide bonds. The van der Waals surface area contributed by atoms with E-state index in [1.54, 1.807) is 18.2 Å². The van der Waals surface area contributed by atoms with Crippen molar-refractivity contribution >= 4 is 11.6 Å². The number of aromatic nitrogens is 1. The molecule has 0 aliphatic heterocycles. The Labute approximate surface area is 99.1 Å². The molecule has 0 spiro atoms. The summed E-state index contributed by atoms with van der Waals surface area (Å²) in [5.41, 5.74) is 0. The second-order valence-corrected chi connectivity index (χ2v) is 3.70. The molecule has 0 radical (unpaired) electrons. The zero-order valence-corrected chi connectivity index (χ0v) is 9.71. The van der Waals surface area contributed by atoms with E-state index in [1.807, 2.05) is 6.92 Å². The van der Waals surface area contributed by atoms with Crippen molar-refractivity contribution in [1.82, 2.24) is 4.98 Å². The fourth-order valence-electron chi connectivity index (χ4n) is 1.16. The van der Waals surface area contributed by atoms with Gasteiger partial charge in [-0.2, -0.15) is 0 Å². The van der Waals surface area contributed by atoms with Gasteiger partial charge in [-0.05, 0) is 18.6 Å². The maximum absolute atomic E-state index is 12.8. The predicted octanol–water partition coefficient (Wildman–Crippen LogP) is 1.94. The third kappa shape index (κ3) is 4.95. The summed E-state index contributed by atoms with van der Waals surface area (Å²) in [5, 5.41) is 14.0. The van der Waals surface area contributed by atoms with E-state index in [-0.39, 0.29) is 0 Å². The Morgan fingerprint density at radius 1 is 1.29 bits per heavy atom. The van der Waals surface area contributed by atoms with Crippen molar-refractivity contribution in [2.75, 3.05) is 30.3 Å². The molecule has 0 fully saturated rings. The number of hydrogen-bond acceptors (Lipinski definition) is 4. The van der Waals surface area contributed by atoms with E-state index in [9.17, 15) is 8.78 Å². The highest BCUT2D eigenvalue weighted by Gasteiger charge is 2.27. The van der Waals surface area contributed by atoms with Gasteiger partial charge < -0.3 is 15.7 Å². The van der Waals surface area contributed by atoms with Crippen molar-refractivity contribution in [3.8, 4) is 0 Å². The van der Waals surface area contributed by atoms with Crippen molar-refractivity contribution in [2.24, 2.45) is 0 Å². The number of rotatable bonds is 7. The Morgan fingerprint density at radius 3 is 2.53 bits per heavy atom. The van der Waals surface area contributed by atoms with Gasteiger partial charge in [0.15, 0.2) is 0 Å². The molecule has 0 saturated heterocycles. The highest BCUT2D eigenvalue weighted by molar-refractivity contribution is 5.45. The molecule has 17 heavy (non-hydrogen) atoms. The van der Waals surface area contributed by atoms with E-state index in [1.165, 1.54) is 0 Å². The molecule has 0 saturated carbocycles. The molecule has 0 aliphatic rings. The number of nitrogens with one attached hydrogen (secondary N) is 2. The smallest absolute Gasteiger partial charge is 0.287 e. The van der Waals surface area contributed by atoms with Crippen LogP contribution < -0.4 is 10.6 Å². The summed E-state index contributed by atoms with van der Waals surface area (Å²) in [6.07, 6.45) is 0.960. The quantitative estimate of drug-likeness (QED) is 0.687. The van der Waals surface area contributed by atoms with Crippen LogP contribution in [0.2, 0.25) is 0 Å². The third-order valence-electron chi connectivity index (χ3n) is 2.06. The van der Waals surface area contributed by atoms with E-state index < -0.39 is 19.1 Å². The minimum absolute atomic E-state index is 0.360. The minimum Gasteiger partial charge on any atom is -0.390 e. The second-order valence-electron chi connectivity index (χ2n) is 3.70. The Morgan fingerprint density at radius 2 is 1.94 bits per heavy atom. The largest absolute Gasteiger partial charge is 0.390 e. The number of pyridine rings is 1. The maximum atomic E-state index is 12.8. The van der Waals surface area contributed by atoms with Gasteiger partial charge in [-0.1, -0.05) is 13.0 Å². The predicted molar refractivity (Wildman–Crippen MR) is 63.5 cm³/mol. The zero-order valence-electron chi connectivity index (χ0n) is 9.71. The van der Waals surface area contributed by atoms with Gasteiger partial charge in [0.2, 0.25) is 0 Å². The summed E-state index contributed by atoms with van der Waals surface area (Å²) >= 11 is 0. The van der Waals surface area contributed by atoms with Crippen LogP contribution >= 0.6 is 0 Å². The Kier molecular flexibility index (Phi) is 5.09. The van der Waals surface area contributed by atoms with Crippen LogP contribution in [-0.4, -0.2) is 35.7 Å². The van der Waals surface area contributed by atoms with Crippen LogP contribution in [0.15, 0.2) is 18.2 Å². The summed E-state index contributed by atoms with van der Waals surface area (Å²) in [4.78, 5) is 4.11. The van der Waals surface area contributed by atoms with Crippen LogP contribution in [0.1, 0.15) is 13.3 Å². The highest BCUT2D eigenvalue weighted by atomic mass is 19.3. The van der Waals surface area contributed by atoms with Crippen molar-refractivity contribution in [3.63, 3.8) is 0 Å². The fourth-order valence-corrected chi connectivity index (χ4v) is 1.16. The number of hydrogen-bond donors (Lipinski definition) is 3. The summed E-state index contributed by atoms with van der Waals surface area (Å²) in [6.45, 7) is 1.00. The SMILES string of the molecule is CCCNc1cccc(NCC(F)(F)CO)n1. The molecule has 3 N–H and O–H groups in total. The van der Waals surface area contributed by atoms with Gasteiger partial charge in [0.05, 0.1) is 6.54 Å². The molecule has 0 atom stereocenters. The lowest BCUT2D eigenvalue weighted by Gasteiger charge is -2.14. The van der Waals surface area contributed by atoms with Gasteiger partial charge in [-0.25, -0.2) is 13.8 Å². The standard InChI is InChI=1S/C11H17F2N3O/c1-2-6-14-9-4-3-5-10(16-9)15-7-11(12,13)8-17/h3-5,17H,2,6-8H2,1H3,(H2,14,15,16). The summed E-state index contributed by atoms with van der Waals surface area (Å²) < 4.78 is 25.6. The Bertz CT molecular complexity index is 347. The van der Waals surface area contributed by atoms with Crippen LogP contribution in [0, 0.1) is 0 Å². The van der Waals surface area contributed by atoms with Gasteiger partial charge in [-0.3, -0.25) is 0 Å². The topological polar surface area (TPSA) is 57.2 Å². The normalized spacial score (nSPS) is 11.3. The molecule has 6 heteroatoms. The van der Waals surface area contributed by atoms with E-state index in [0.29, 0.717) is 11.6 Å². The molecule has 1 aromatic heterocycles. The van der Waals surface area contributed by atoms with Gasteiger partial charge in [0.25, 0.3) is 5.92 Å². The number of halogens is 2. The fraction of sp³-hybridized carbons (Fsp3) is 0.545. The molecule has 96 valence electrons. The highest BCUT2D eigenvalue weighted by Crippen LogP contribution is 2.14. The van der Waals surface area contributed by atoms with Crippen molar-refractivity contribution in [3.05, 3.63) is 18.2 Å². The molecule has 1 heterocycles. The van der Waals surface area contributed by atoms with E-state index in [0.717, 1.165) is 13.0 Å². The van der Waals surface area contributed by atoms with Gasteiger partial charge in [-0.15, -0.1) is 0 Å². The number of alkyl halides is 2.